The number of thiophene rings is 1. The van der Waals surface area contributed by atoms with E-state index >= 15 is 0 Å². The van der Waals surface area contributed by atoms with Crippen LogP contribution in [0.4, 0.5) is 0 Å². The molecule has 1 amide bonds. The van der Waals surface area contributed by atoms with Crippen LogP contribution in [0.15, 0.2) is 15.9 Å². The third kappa shape index (κ3) is 6.81. The molecule has 0 aromatic carbocycles. The lowest BCUT2D eigenvalue weighted by Gasteiger charge is -2.07. The first-order valence-electron chi connectivity index (χ1n) is 5.78. The minimum absolute atomic E-state index is 0.0706. The van der Waals surface area contributed by atoms with Crippen molar-refractivity contribution in [2.75, 3.05) is 13.1 Å². The van der Waals surface area contributed by atoms with Crippen molar-refractivity contribution in [3.05, 3.63) is 20.8 Å². The summed E-state index contributed by atoms with van der Waals surface area (Å²) in [5.74, 6) is 0.702. The highest BCUT2D eigenvalue weighted by atomic mass is 79.9. The van der Waals surface area contributed by atoms with E-state index in [1.807, 2.05) is 5.38 Å². The molecule has 0 aliphatic heterocycles. The van der Waals surface area contributed by atoms with Crippen LogP contribution < -0.4 is 10.6 Å². The Morgan fingerprint density at radius 2 is 2.29 bits per heavy atom. The fraction of sp³-hybridized carbons (Fsp3) is 0.583. The quantitative estimate of drug-likeness (QED) is 0.811. The number of hydrogen-bond acceptors (Lipinski definition) is 3. The summed E-state index contributed by atoms with van der Waals surface area (Å²) in [5, 5.41) is 8.07. The summed E-state index contributed by atoms with van der Waals surface area (Å²) < 4.78 is 1.10. The maximum absolute atomic E-state index is 11.4. The van der Waals surface area contributed by atoms with E-state index in [-0.39, 0.29) is 5.91 Å². The molecule has 0 saturated carbocycles. The van der Waals surface area contributed by atoms with Gasteiger partial charge < -0.3 is 10.6 Å². The zero-order valence-electron chi connectivity index (χ0n) is 10.3. The highest BCUT2D eigenvalue weighted by Crippen LogP contribution is 2.19. The fourth-order valence-corrected chi connectivity index (χ4v) is 2.73. The molecule has 0 saturated heterocycles. The third-order valence-electron chi connectivity index (χ3n) is 2.25. The van der Waals surface area contributed by atoms with Gasteiger partial charge in [-0.2, -0.15) is 0 Å². The number of halogens is 1. The molecule has 1 heterocycles. The topological polar surface area (TPSA) is 41.1 Å². The molecule has 0 atom stereocenters. The minimum Gasteiger partial charge on any atom is -0.355 e. The molecule has 0 radical (unpaired) electrons. The summed E-state index contributed by atoms with van der Waals surface area (Å²) in [6.07, 6.45) is 1.03. The number of nitrogens with one attached hydrogen (secondary N) is 2. The van der Waals surface area contributed by atoms with Crippen LogP contribution in [0.5, 0.6) is 0 Å². The van der Waals surface area contributed by atoms with Crippen LogP contribution in [-0.2, 0) is 11.3 Å². The molecule has 1 rings (SSSR count). The lowest BCUT2D eigenvalue weighted by molar-refractivity contribution is -0.120. The zero-order valence-corrected chi connectivity index (χ0v) is 12.7. The Morgan fingerprint density at radius 3 is 2.88 bits per heavy atom. The third-order valence-corrected chi connectivity index (χ3v) is 3.95. The molecule has 0 unspecified atom stereocenters. The molecule has 0 bridgehead atoms. The average Bonchev–Trinajstić information content (AvgIpc) is 2.63. The Kier molecular flexibility index (Phi) is 6.77. The highest BCUT2D eigenvalue weighted by Gasteiger charge is 2.02. The Balaban J connectivity index is 2.08. The van der Waals surface area contributed by atoms with Crippen LogP contribution in [-0.4, -0.2) is 19.0 Å². The van der Waals surface area contributed by atoms with Gasteiger partial charge in [0.2, 0.25) is 5.91 Å². The molecule has 17 heavy (non-hydrogen) atoms. The van der Waals surface area contributed by atoms with Crippen molar-refractivity contribution in [2.45, 2.75) is 26.8 Å². The molecule has 0 aliphatic carbocycles. The molecule has 96 valence electrons. The average molecular weight is 319 g/mol. The van der Waals surface area contributed by atoms with Crippen molar-refractivity contribution in [3.63, 3.8) is 0 Å². The number of carbonyl (C=O) groups excluding carboxylic acids is 1. The predicted molar refractivity (Wildman–Crippen MR) is 76.2 cm³/mol. The maximum atomic E-state index is 11.4. The van der Waals surface area contributed by atoms with Crippen molar-refractivity contribution in [1.82, 2.24) is 10.6 Å². The Morgan fingerprint density at radius 1 is 1.53 bits per heavy atom. The largest absolute Gasteiger partial charge is 0.355 e. The first-order valence-corrected chi connectivity index (χ1v) is 7.45. The molecule has 0 fully saturated rings. The lowest BCUT2D eigenvalue weighted by atomic mass is 10.1. The van der Waals surface area contributed by atoms with Gasteiger partial charge in [0.25, 0.3) is 0 Å². The first kappa shape index (κ1) is 14.7. The normalized spacial score (nSPS) is 10.8. The van der Waals surface area contributed by atoms with Gasteiger partial charge in [-0.05, 0) is 34.3 Å². The minimum atomic E-state index is 0.0706. The Labute approximate surface area is 115 Å². The van der Waals surface area contributed by atoms with Crippen molar-refractivity contribution >= 4 is 33.2 Å². The van der Waals surface area contributed by atoms with Crippen LogP contribution in [0, 0.1) is 5.92 Å². The first-order chi connectivity index (χ1) is 8.08. The standard InChI is InChI=1S/C12H19BrN2OS/c1-9(2)3-4-15-12(16)7-14-6-11-5-10(13)8-17-11/h5,8-9,14H,3-4,6-7H2,1-2H3,(H,15,16). The summed E-state index contributed by atoms with van der Waals surface area (Å²) in [4.78, 5) is 12.7. The van der Waals surface area contributed by atoms with Crippen molar-refractivity contribution in [3.8, 4) is 0 Å². The molecule has 5 heteroatoms. The van der Waals surface area contributed by atoms with E-state index in [1.54, 1.807) is 11.3 Å². The molecule has 0 aliphatic rings. The smallest absolute Gasteiger partial charge is 0.233 e. The zero-order chi connectivity index (χ0) is 12.7. The number of hydrogen-bond donors (Lipinski definition) is 2. The number of amides is 1. The van der Waals surface area contributed by atoms with E-state index in [4.69, 9.17) is 0 Å². The Bertz CT molecular complexity index is 352. The van der Waals surface area contributed by atoms with Crippen molar-refractivity contribution in [2.24, 2.45) is 5.92 Å². The van der Waals surface area contributed by atoms with E-state index in [9.17, 15) is 4.79 Å². The molecular formula is C12H19BrN2OS. The van der Waals surface area contributed by atoms with E-state index < -0.39 is 0 Å². The van der Waals surface area contributed by atoms with Gasteiger partial charge in [-0.1, -0.05) is 13.8 Å². The van der Waals surface area contributed by atoms with E-state index in [0.29, 0.717) is 12.5 Å². The molecule has 1 aromatic heterocycles. The fourth-order valence-electron chi connectivity index (χ4n) is 1.31. The SMILES string of the molecule is CC(C)CCNC(=O)CNCc1cc(Br)cs1. The number of rotatable bonds is 7. The van der Waals surface area contributed by atoms with Crippen molar-refractivity contribution in [1.29, 1.82) is 0 Å². The predicted octanol–water partition coefficient (Wildman–Crippen LogP) is 2.76. The number of carbonyl (C=O) groups is 1. The second kappa shape index (κ2) is 7.84. The summed E-state index contributed by atoms with van der Waals surface area (Å²) in [6, 6.07) is 2.06. The van der Waals surface area contributed by atoms with Crippen molar-refractivity contribution < 1.29 is 4.79 Å². The summed E-state index contributed by atoms with van der Waals surface area (Å²) >= 11 is 5.09. The molecule has 1 aromatic rings. The van der Waals surface area contributed by atoms with Gasteiger partial charge in [0.05, 0.1) is 6.54 Å². The molecule has 0 spiro atoms. The van der Waals surface area contributed by atoms with Gasteiger partial charge in [-0.25, -0.2) is 0 Å². The van der Waals surface area contributed by atoms with E-state index in [0.717, 1.165) is 24.0 Å². The summed E-state index contributed by atoms with van der Waals surface area (Å²) in [7, 11) is 0. The summed E-state index contributed by atoms with van der Waals surface area (Å²) in [5.41, 5.74) is 0. The van der Waals surface area contributed by atoms with Gasteiger partial charge in [0, 0.05) is 27.8 Å². The van der Waals surface area contributed by atoms with Gasteiger partial charge >= 0.3 is 0 Å². The van der Waals surface area contributed by atoms with Crippen LogP contribution in [0.1, 0.15) is 25.1 Å². The van der Waals surface area contributed by atoms with E-state index in [2.05, 4.69) is 46.5 Å². The highest BCUT2D eigenvalue weighted by molar-refractivity contribution is 9.10. The van der Waals surface area contributed by atoms with Crippen LogP contribution in [0.25, 0.3) is 0 Å². The van der Waals surface area contributed by atoms with Crippen LogP contribution in [0.2, 0.25) is 0 Å². The van der Waals surface area contributed by atoms with E-state index in [1.165, 1.54) is 4.88 Å². The second-order valence-electron chi connectivity index (χ2n) is 4.37. The monoisotopic (exact) mass is 318 g/mol. The van der Waals surface area contributed by atoms with Gasteiger partial charge in [-0.15, -0.1) is 11.3 Å². The van der Waals surface area contributed by atoms with Gasteiger partial charge in [-0.3, -0.25) is 4.79 Å². The van der Waals surface area contributed by atoms with Crippen LogP contribution in [0.3, 0.4) is 0 Å². The maximum Gasteiger partial charge on any atom is 0.233 e. The second-order valence-corrected chi connectivity index (χ2v) is 6.28. The molecular weight excluding hydrogens is 300 g/mol. The lowest BCUT2D eigenvalue weighted by Crippen LogP contribution is -2.34. The summed E-state index contributed by atoms with van der Waals surface area (Å²) in [6.45, 7) is 6.20. The van der Waals surface area contributed by atoms with Gasteiger partial charge in [0.15, 0.2) is 0 Å². The van der Waals surface area contributed by atoms with Crippen LogP contribution >= 0.6 is 27.3 Å². The van der Waals surface area contributed by atoms with Gasteiger partial charge in [0.1, 0.15) is 0 Å². The molecule has 3 nitrogen and oxygen atoms in total. The molecule has 2 N–H and O–H groups in total. The Hall–Kier alpha value is -0.390.